The Kier molecular flexibility index (Phi) is 4.85. The van der Waals surface area contributed by atoms with Crippen LogP contribution in [0.3, 0.4) is 0 Å². The summed E-state index contributed by atoms with van der Waals surface area (Å²) in [5, 5.41) is 9.73. The number of ether oxygens (including phenoxy) is 1. The Bertz CT molecular complexity index is 761. The molecule has 0 saturated carbocycles. The van der Waals surface area contributed by atoms with Crippen molar-refractivity contribution < 1.29 is 14.3 Å². The fourth-order valence-corrected chi connectivity index (χ4v) is 2.93. The Balaban J connectivity index is 1.67. The molecule has 0 unspecified atom stereocenters. The minimum atomic E-state index is -0.742. The summed E-state index contributed by atoms with van der Waals surface area (Å²) in [4.78, 5) is 24.2. The van der Waals surface area contributed by atoms with Crippen LogP contribution in [0.15, 0.2) is 30.3 Å². The van der Waals surface area contributed by atoms with Gasteiger partial charge < -0.3 is 15.8 Å². The van der Waals surface area contributed by atoms with Crippen molar-refractivity contribution in [2.24, 2.45) is 11.1 Å². The molecule has 1 saturated heterocycles. The molecule has 2 aromatic rings. The summed E-state index contributed by atoms with van der Waals surface area (Å²) in [6.07, 6.45) is 1.03. The minimum absolute atomic E-state index is 0.198. The SMILES string of the molecule is Cc1ccc(-c2cc(C(=O)NCC3(C(N)=O)CCOCC3)[nH]n2)cc1. The molecule has 3 rings (SSSR count). The number of benzene rings is 1. The van der Waals surface area contributed by atoms with E-state index in [2.05, 4.69) is 15.5 Å². The lowest BCUT2D eigenvalue weighted by molar-refractivity contribution is -0.132. The van der Waals surface area contributed by atoms with Crippen molar-refractivity contribution in [1.29, 1.82) is 0 Å². The predicted octanol–water partition coefficient (Wildman–Crippen LogP) is 1.40. The normalized spacial score (nSPS) is 16.4. The predicted molar refractivity (Wildman–Crippen MR) is 92.8 cm³/mol. The zero-order chi connectivity index (χ0) is 17.9. The Morgan fingerprint density at radius 2 is 1.96 bits per heavy atom. The number of nitrogens with one attached hydrogen (secondary N) is 2. The highest BCUT2D eigenvalue weighted by Gasteiger charge is 2.38. The number of carbonyl (C=O) groups excluding carboxylic acids is 2. The quantitative estimate of drug-likeness (QED) is 0.763. The average molecular weight is 342 g/mol. The van der Waals surface area contributed by atoms with Crippen LogP contribution in [0.4, 0.5) is 0 Å². The molecule has 0 spiro atoms. The van der Waals surface area contributed by atoms with E-state index >= 15 is 0 Å². The Labute approximate surface area is 145 Å². The molecule has 0 atom stereocenters. The second-order valence-electron chi connectivity index (χ2n) is 6.47. The van der Waals surface area contributed by atoms with Crippen LogP contribution < -0.4 is 11.1 Å². The highest BCUT2D eigenvalue weighted by atomic mass is 16.5. The molecule has 1 aliphatic heterocycles. The third kappa shape index (κ3) is 3.71. The summed E-state index contributed by atoms with van der Waals surface area (Å²) in [6.45, 7) is 3.16. The van der Waals surface area contributed by atoms with Crippen LogP contribution in [0.5, 0.6) is 0 Å². The van der Waals surface area contributed by atoms with Crippen LogP contribution in [0.1, 0.15) is 28.9 Å². The molecule has 7 nitrogen and oxygen atoms in total. The van der Waals surface area contributed by atoms with Crippen LogP contribution in [-0.2, 0) is 9.53 Å². The van der Waals surface area contributed by atoms with Gasteiger partial charge in [0.05, 0.1) is 11.1 Å². The van der Waals surface area contributed by atoms with Gasteiger partial charge >= 0.3 is 0 Å². The highest BCUT2D eigenvalue weighted by molar-refractivity contribution is 5.94. The van der Waals surface area contributed by atoms with E-state index in [-0.39, 0.29) is 12.5 Å². The van der Waals surface area contributed by atoms with Crippen LogP contribution >= 0.6 is 0 Å². The number of hydrogen-bond acceptors (Lipinski definition) is 4. The Morgan fingerprint density at radius 1 is 1.28 bits per heavy atom. The molecule has 1 fully saturated rings. The molecule has 1 aromatic carbocycles. The van der Waals surface area contributed by atoms with E-state index in [9.17, 15) is 9.59 Å². The number of H-pyrrole nitrogens is 1. The monoisotopic (exact) mass is 342 g/mol. The number of amides is 2. The lowest BCUT2D eigenvalue weighted by Crippen LogP contribution is -2.49. The zero-order valence-corrected chi connectivity index (χ0v) is 14.2. The van der Waals surface area contributed by atoms with Crippen molar-refractivity contribution >= 4 is 11.8 Å². The van der Waals surface area contributed by atoms with Gasteiger partial charge in [0.25, 0.3) is 5.91 Å². The van der Waals surface area contributed by atoms with Crippen molar-refractivity contribution in [1.82, 2.24) is 15.5 Å². The molecule has 1 aromatic heterocycles. The van der Waals surface area contributed by atoms with Crippen molar-refractivity contribution in [3.63, 3.8) is 0 Å². The molecule has 1 aliphatic rings. The number of aromatic nitrogens is 2. The second-order valence-corrected chi connectivity index (χ2v) is 6.47. The van der Waals surface area contributed by atoms with Crippen LogP contribution in [0.25, 0.3) is 11.3 Å². The molecule has 0 bridgehead atoms. The summed E-state index contributed by atoms with van der Waals surface area (Å²) < 4.78 is 5.29. The van der Waals surface area contributed by atoms with Gasteiger partial charge in [0.1, 0.15) is 5.69 Å². The van der Waals surface area contributed by atoms with E-state index < -0.39 is 11.3 Å². The first-order valence-electron chi connectivity index (χ1n) is 8.28. The van der Waals surface area contributed by atoms with E-state index in [1.807, 2.05) is 31.2 Å². The third-order valence-corrected chi connectivity index (χ3v) is 4.73. The van der Waals surface area contributed by atoms with Gasteiger partial charge in [0.2, 0.25) is 5.91 Å². The molecular formula is C18H22N4O3. The number of aryl methyl sites for hydroxylation is 1. The average Bonchev–Trinajstić information content (AvgIpc) is 3.11. The summed E-state index contributed by atoms with van der Waals surface area (Å²) in [6, 6.07) is 9.59. The number of carbonyl (C=O) groups is 2. The van der Waals surface area contributed by atoms with E-state index in [1.165, 1.54) is 0 Å². The number of aromatic amines is 1. The first kappa shape index (κ1) is 17.2. The molecule has 25 heavy (non-hydrogen) atoms. The molecule has 4 N–H and O–H groups in total. The first-order valence-corrected chi connectivity index (χ1v) is 8.28. The van der Waals surface area contributed by atoms with Crippen LogP contribution in [0.2, 0.25) is 0 Å². The third-order valence-electron chi connectivity index (χ3n) is 4.73. The molecule has 132 valence electrons. The fraction of sp³-hybridized carbons (Fsp3) is 0.389. The standard InChI is InChI=1S/C18H22N4O3/c1-12-2-4-13(5-3-12)14-10-15(22-21-14)16(23)20-11-18(17(19)24)6-8-25-9-7-18/h2-5,10H,6-9,11H2,1H3,(H2,19,24)(H,20,23)(H,21,22). The topological polar surface area (TPSA) is 110 Å². The largest absolute Gasteiger partial charge is 0.381 e. The van der Waals surface area contributed by atoms with Gasteiger partial charge in [-0.25, -0.2) is 0 Å². The number of hydrogen-bond donors (Lipinski definition) is 3. The maximum Gasteiger partial charge on any atom is 0.269 e. The van der Waals surface area contributed by atoms with Crippen LogP contribution in [-0.4, -0.2) is 41.8 Å². The zero-order valence-electron chi connectivity index (χ0n) is 14.2. The second kappa shape index (κ2) is 7.06. The van der Waals surface area contributed by atoms with Gasteiger partial charge in [-0.05, 0) is 25.8 Å². The maximum atomic E-state index is 12.4. The number of rotatable bonds is 5. The maximum absolute atomic E-state index is 12.4. The number of nitrogens with two attached hydrogens (primary N) is 1. The highest BCUT2D eigenvalue weighted by Crippen LogP contribution is 2.29. The van der Waals surface area contributed by atoms with Gasteiger partial charge in [-0.1, -0.05) is 29.8 Å². The molecule has 0 radical (unpaired) electrons. The summed E-state index contributed by atoms with van der Waals surface area (Å²) >= 11 is 0. The molecule has 2 heterocycles. The van der Waals surface area contributed by atoms with Gasteiger partial charge in [0, 0.05) is 25.3 Å². The van der Waals surface area contributed by atoms with Crippen molar-refractivity contribution in [2.45, 2.75) is 19.8 Å². The Morgan fingerprint density at radius 3 is 2.60 bits per heavy atom. The number of primary amides is 1. The van der Waals surface area contributed by atoms with Crippen LogP contribution in [0, 0.1) is 12.3 Å². The van der Waals surface area contributed by atoms with Crippen molar-refractivity contribution in [3.8, 4) is 11.3 Å². The summed E-state index contributed by atoms with van der Waals surface area (Å²) in [5.74, 6) is -0.709. The van der Waals surface area contributed by atoms with E-state index in [4.69, 9.17) is 10.5 Å². The molecule has 7 heteroatoms. The van der Waals surface area contributed by atoms with Gasteiger partial charge in [-0.2, -0.15) is 5.10 Å². The number of nitrogens with zero attached hydrogens (tertiary/aromatic N) is 1. The fourth-order valence-electron chi connectivity index (χ4n) is 2.93. The van der Waals surface area contributed by atoms with E-state index in [0.717, 1.165) is 11.1 Å². The van der Waals surface area contributed by atoms with Gasteiger partial charge in [-0.3, -0.25) is 14.7 Å². The lowest BCUT2D eigenvalue weighted by atomic mass is 9.79. The minimum Gasteiger partial charge on any atom is -0.381 e. The Hall–Kier alpha value is -2.67. The first-order chi connectivity index (χ1) is 12.0. The van der Waals surface area contributed by atoms with Gasteiger partial charge in [0.15, 0.2) is 0 Å². The van der Waals surface area contributed by atoms with E-state index in [0.29, 0.717) is 37.4 Å². The van der Waals surface area contributed by atoms with E-state index in [1.54, 1.807) is 6.07 Å². The smallest absolute Gasteiger partial charge is 0.269 e. The summed E-state index contributed by atoms with van der Waals surface area (Å²) in [7, 11) is 0. The molecule has 0 aliphatic carbocycles. The molecular weight excluding hydrogens is 320 g/mol. The molecule has 2 amide bonds. The lowest BCUT2D eigenvalue weighted by Gasteiger charge is -2.34. The van der Waals surface area contributed by atoms with Crippen molar-refractivity contribution in [3.05, 3.63) is 41.6 Å². The van der Waals surface area contributed by atoms with Gasteiger partial charge in [-0.15, -0.1) is 0 Å². The van der Waals surface area contributed by atoms with Crippen molar-refractivity contribution in [2.75, 3.05) is 19.8 Å². The summed E-state index contributed by atoms with van der Waals surface area (Å²) in [5.41, 5.74) is 7.94.